The van der Waals surface area contributed by atoms with E-state index in [1.165, 1.54) is 11.1 Å². The second kappa shape index (κ2) is 10.6. The maximum Gasteiger partial charge on any atom is 0.161 e. The molecule has 0 saturated carbocycles. The molecule has 0 radical (unpaired) electrons. The lowest BCUT2D eigenvalue weighted by Gasteiger charge is -2.34. The van der Waals surface area contributed by atoms with Crippen molar-refractivity contribution < 1.29 is 24.1 Å². The van der Waals surface area contributed by atoms with Crippen LogP contribution in [0.15, 0.2) is 30.5 Å². The van der Waals surface area contributed by atoms with Gasteiger partial charge in [-0.1, -0.05) is 0 Å². The molecule has 0 amide bonds. The Morgan fingerprint density at radius 3 is 2.18 bits per heavy atom. The summed E-state index contributed by atoms with van der Waals surface area (Å²) >= 11 is 0. The second-order valence-electron chi connectivity index (χ2n) is 9.07. The normalized spacial score (nSPS) is 18.6. The van der Waals surface area contributed by atoms with Gasteiger partial charge in [0.2, 0.25) is 0 Å². The van der Waals surface area contributed by atoms with E-state index in [-0.39, 0.29) is 0 Å². The van der Waals surface area contributed by atoms with E-state index in [9.17, 15) is 5.11 Å². The highest BCUT2D eigenvalue weighted by Crippen LogP contribution is 2.42. The van der Waals surface area contributed by atoms with Crippen LogP contribution in [-0.4, -0.2) is 76.3 Å². The number of rotatable bonds is 10. The number of aliphatic hydroxyl groups is 1. The lowest BCUT2D eigenvalue weighted by atomic mass is 9.77. The van der Waals surface area contributed by atoms with Crippen LogP contribution in [0.5, 0.6) is 23.0 Å². The predicted molar refractivity (Wildman–Crippen MR) is 133 cm³/mol. The van der Waals surface area contributed by atoms with Crippen LogP contribution in [0, 0.1) is 0 Å². The minimum absolute atomic E-state index is 0.517. The highest BCUT2D eigenvalue weighted by molar-refractivity contribution is 5.61. The SMILES string of the molecule is COc1cc2c(cc1OC)CC(O)N(CCCN(C)CC1Cc3cc(OC)c(OC)cc31)C=C2. The van der Waals surface area contributed by atoms with E-state index in [1.54, 1.807) is 28.4 Å². The molecule has 0 spiro atoms. The molecule has 7 nitrogen and oxygen atoms in total. The third-order valence-corrected chi connectivity index (χ3v) is 6.92. The Bertz CT molecular complexity index is 1040. The Labute approximate surface area is 202 Å². The van der Waals surface area contributed by atoms with Crippen LogP contribution in [-0.2, 0) is 12.8 Å². The molecule has 0 aromatic heterocycles. The maximum absolute atomic E-state index is 10.8. The topological polar surface area (TPSA) is 63.6 Å². The molecule has 1 N–H and O–H groups in total. The fourth-order valence-electron chi connectivity index (χ4n) is 4.97. The Balaban J connectivity index is 1.30. The highest BCUT2D eigenvalue weighted by atomic mass is 16.5. The first-order chi connectivity index (χ1) is 16.5. The van der Waals surface area contributed by atoms with E-state index < -0.39 is 6.23 Å². The third-order valence-electron chi connectivity index (χ3n) is 6.92. The smallest absolute Gasteiger partial charge is 0.161 e. The zero-order chi connectivity index (χ0) is 24.2. The zero-order valence-electron chi connectivity index (χ0n) is 20.8. The van der Waals surface area contributed by atoms with Gasteiger partial charge in [0, 0.05) is 31.6 Å². The molecule has 1 aliphatic carbocycles. The van der Waals surface area contributed by atoms with Gasteiger partial charge < -0.3 is 33.9 Å². The van der Waals surface area contributed by atoms with E-state index in [2.05, 4.69) is 24.1 Å². The Kier molecular flexibility index (Phi) is 7.54. The number of likely N-dealkylation sites (N-methyl/N-ethyl adjacent to an activating group) is 1. The molecular weight excluding hydrogens is 432 g/mol. The van der Waals surface area contributed by atoms with Crippen LogP contribution < -0.4 is 18.9 Å². The molecular formula is C27H36N2O5. The molecule has 34 heavy (non-hydrogen) atoms. The molecule has 0 fully saturated rings. The van der Waals surface area contributed by atoms with Crippen LogP contribution in [0.1, 0.15) is 34.6 Å². The summed E-state index contributed by atoms with van der Waals surface area (Å²) in [5.41, 5.74) is 4.81. The standard InChI is InChI=1S/C27H36N2O5/c1-28(17-21-11-20-14-25(33-4)26(34-5)16-22(20)21)8-6-9-29-10-7-18-12-23(31-2)24(32-3)13-19(18)15-27(29)30/h7,10,12-14,16,21,27,30H,6,8-9,11,15,17H2,1-5H3. The van der Waals surface area contributed by atoms with Gasteiger partial charge in [-0.2, -0.15) is 0 Å². The van der Waals surface area contributed by atoms with Crippen molar-refractivity contribution in [1.29, 1.82) is 0 Å². The van der Waals surface area contributed by atoms with E-state index in [0.29, 0.717) is 23.8 Å². The first-order valence-electron chi connectivity index (χ1n) is 11.8. The van der Waals surface area contributed by atoms with Crippen LogP contribution in [0.4, 0.5) is 0 Å². The van der Waals surface area contributed by atoms with Crippen molar-refractivity contribution in [3.8, 4) is 23.0 Å². The lowest BCUT2D eigenvalue weighted by molar-refractivity contribution is 0.0376. The second-order valence-corrected chi connectivity index (χ2v) is 9.07. The molecule has 2 aromatic carbocycles. The number of ether oxygens (including phenoxy) is 4. The number of benzene rings is 2. The Morgan fingerprint density at radius 1 is 0.882 bits per heavy atom. The molecule has 7 heteroatoms. The van der Waals surface area contributed by atoms with Gasteiger partial charge in [0.1, 0.15) is 6.23 Å². The zero-order valence-corrected chi connectivity index (χ0v) is 20.8. The number of nitrogens with zero attached hydrogens (tertiary/aromatic N) is 2. The van der Waals surface area contributed by atoms with Crippen LogP contribution in [0.25, 0.3) is 6.08 Å². The van der Waals surface area contributed by atoms with Crippen LogP contribution >= 0.6 is 0 Å². The summed E-state index contributed by atoms with van der Waals surface area (Å²) in [7, 11) is 8.80. The van der Waals surface area contributed by atoms with E-state index >= 15 is 0 Å². The lowest BCUT2D eigenvalue weighted by Crippen LogP contribution is -2.35. The van der Waals surface area contributed by atoms with Crippen molar-refractivity contribution in [2.45, 2.75) is 31.4 Å². The van der Waals surface area contributed by atoms with Crippen molar-refractivity contribution in [1.82, 2.24) is 9.80 Å². The minimum Gasteiger partial charge on any atom is -0.493 e. The summed E-state index contributed by atoms with van der Waals surface area (Å²) in [6.45, 7) is 2.76. The average molecular weight is 469 g/mol. The maximum atomic E-state index is 10.8. The number of fused-ring (bicyclic) bond motifs is 2. The monoisotopic (exact) mass is 468 g/mol. The summed E-state index contributed by atoms with van der Waals surface area (Å²) in [4.78, 5) is 4.39. The van der Waals surface area contributed by atoms with Crippen molar-refractivity contribution in [3.05, 3.63) is 52.7 Å². The molecule has 2 aromatic rings. The van der Waals surface area contributed by atoms with Gasteiger partial charge in [0.05, 0.1) is 28.4 Å². The summed E-state index contributed by atoms with van der Waals surface area (Å²) in [5.74, 6) is 3.50. The number of aliphatic hydroxyl groups excluding tert-OH is 1. The van der Waals surface area contributed by atoms with Gasteiger partial charge in [0.25, 0.3) is 0 Å². The fourth-order valence-corrected chi connectivity index (χ4v) is 4.97. The number of methoxy groups -OCH3 is 4. The van der Waals surface area contributed by atoms with Crippen molar-refractivity contribution in [2.75, 3.05) is 55.1 Å². The first kappa shape index (κ1) is 24.2. The molecule has 1 aliphatic heterocycles. The third kappa shape index (κ3) is 4.95. The molecule has 4 rings (SSSR count). The summed E-state index contributed by atoms with van der Waals surface area (Å²) in [6, 6.07) is 8.15. The highest BCUT2D eigenvalue weighted by Gasteiger charge is 2.29. The summed E-state index contributed by atoms with van der Waals surface area (Å²) in [6.07, 6.45) is 6.05. The molecule has 184 valence electrons. The van der Waals surface area contributed by atoms with Crippen LogP contribution in [0.3, 0.4) is 0 Å². The molecule has 2 unspecified atom stereocenters. The van der Waals surface area contributed by atoms with Gasteiger partial charge in [-0.3, -0.25) is 0 Å². The molecule has 0 bridgehead atoms. The average Bonchev–Trinajstić information content (AvgIpc) is 2.98. The fraction of sp³-hybridized carbons (Fsp3) is 0.481. The van der Waals surface area contributed by atoms with Gasteiger partial charge in [0.15, 0.2) is 23.0 Å². The number of hydrogen-bond donors (Lipinski definition) is 1. The Morgan fingerprint density at radius 2 is 1.50 bits per heavy atom. The van der Waals surface area contributed by atoms with Crippen molar-refractivity contribution in [2.24, 2.45) is 0 Å². The van der Waals surface area contributed by atoms with Gasteiger partial charge in [-0.25, -0.2) is 0 Å². The van der Waals surface area contributed by atoms with Gasteiger partial charge in [-0.05, 0) is 79.0 Å². The summed E-state index contributed by atoms with van der Waals surface area (Å²) < 4.78 is 21.7. The predicted octanol–water partition coefficient (Wildman–Crippen LogP) is 3.53. The van der Waals surface area contributed by atoms with Crippen molar-refractivity contribution in [3.63, 3.8) is 0 Å². The van der Waals surface area contributed by atoms with E-state index in [1.807, 2.05) is 29.3 Å². The number of hydrogen-bond acceptors (Lipinski definition) is 7. The minimum atomic E-state index is -0.568. The van der Waals surface area contributed by atoms with E-state index in [0.717, 1.165) is 55.1 Å². The molecule has 1 heterocycles. The largest absolute Gasteiger partial charge is 0.493 e. The summed E-state index contributed by atoms with van der Waals surface area (Å²) in [5, 5.41) is 10.8. The van der Waals surface area contributed by atoms with Crippen LogP contribution in [0.2, 0.25) is 0 Å². The quantitative estimate of drug-likeness (QED) is 0.572. The molecule has 2 aliphatic rings. The molecule has 0 saturated heterocycles. The van der Waals surface area contributed by atoms with Gasteiger partial charge in [-0.15, -0.1) is 0 Å². The Hall–Kier alpha value is -2.90. The molecule has 2 atom stereocenters. The van der Waals surface area contributed by atoms with Gasteiger partial charge >= 0.3 is 0 Å². The van der Waals surface area contributed by atoms with Crippen molar-refractivity contribution >= 4 is 6.08 Å². The van der Waals surface area contributed by atoms with E-state index in [4.69, 9.17) is 18.9 Å². The first-order valence-corrected chi connectivity index (χ1v) is 11.8.